The normalized spacial score (nSPS) is 21.6. The number of benzene rings is 6. The maximum Gasteiger partial charge on any atom is 0.421 e. The number of aliphatic carboxylic acids is 1. The Kier molecular flexibility index (Phi) is 12.0. The minimum absolute atomic E-state index is 0.00159. The Bertz CT molecular complexity index is 2940. The number of nitro benzene ring substituents is 1. The number of morpholine rings is 1. The lowest BCUT2D eigenvalue weighted by Gasteiger charge is -2.46. The summed E-state index contributed by atoms with van der Waals surface area (Å²) >= 11 is 0. The predicted octanol–water partition coefficient (Wildman–Crippen LogP) is 7.46. The molecule has 2 N–H and O–H groups in total. The van der Waals surface area contributed by atoms with Gasteiger partial charge in [-0.1, -0.05) is 84.6 Å². The molecule has 9 rings (SSSR count). The highest BCUT2D eigenvalue weighted by atomic mass is 16.6. The van der Waals surface area contributed by atoms with Crippen LogP contribution in [-0.2, 0) is 35.9 Å². The number of carboxylic acid groups (broad SMARTS) is 1. The molecule has 0 saturated carbocycles. The first kappa shape index (κ1) is 43.9. The maximum atomic E-state index is 16.1. The molecule has 6 aromatic carbocycles. The van der Waals surface area contributed by atoms with E-state index in [9.17, 15) is 34.7 Å². The van der Waals surface area contributed by atoms with Gasteiger partial charge in [0.05, 0.1) is 36.4 Å². The summed E-state index contributed by atoms with van der Waals surface area (Å²) in [6.07, 6.45) is -2.16. The van der Waals surface area contributed by atoms with Crippen molar-refractivity contribution < 1.29 is 53.3 Å². The van der Waals surface area contributed by atoms with E-state index in [1.165, 1.54) is 30.3 Å². The van der Waals surface area contributed by atoms with Crippen molar-refractivity contribution in [3.8, 4) is 23.3 Å². The molecule has 3 heterocycles. The minimum Gasteiger partial charge on any atom is -0.497 e. The van der Waals surface area contributed by atoms with E-state index in [2.05, 4.69) is 11.8 Å². The molecule has 15 nitrogen and oxygen atoms in total. The van der Waals surface area contributed by atoms with E-state index in [-0.39, 0.29) is 35.9 Å². The fraction of sp³-hybridized carbons (Fsp3) is 0.192. The van der Waals surface area contributed by atoms with Crippen LogP contribution in [0.5, 0.6) is 11.5 Å². The molecular weight excluding hydrogens is 859 g/mol. The molecule has 1 spiro atoms. The highest BCUT2D eigenvalue weighted by Gasteiger charge is 2.76. The number of carbonyl (C=O) groups is 4. The van der Waals surface area contributed by atoms with Gasteiger partial charge < -0.3 is 29.2 Å². The molecule has 67 heavy (non-hydrogen) atoms. The number of aliphatic hydroxyl groups is 1. The van der Waals surface area contributed by atoms with E-state index in [4.69, 9.17) is 18.9 Å². The van der Waals surface area contributed by atoms with Gasteiger partial charge in [-0.05, 0) is 94.5 Å². The molecule has 2 saturated heterocycles. The third-order valence-corrected chi connectivity index (χ3v) is 12.4. The van der Waals surface area contributed by atoms with Crippen LogP contribution < -0.4 is 14.4 Å². The van der Waals surface area contributed by atoms with Gasteiger partial charge in [0, 0.05) is 23.3 Å². The van der Waals surface area contributed by atoms with Crippen molar-refractivity contribution in [1.29, 1.82) is 0 Å². The third-order valence-electron chi connectivity index (χ3n) is 12.4. The number of imide groups is 1. The van der Waals surface area contributed by atoms with Crippen LogP contribution in [0.25, 0.3) is 0 Å². The smallest absolute Gasteiger partial charge is 0.421 e. The minimum atomic E-state index is -2.27. The van der Waals surface area contributed by atoms with Crippen LogP contribution in [0.2, 0.25) is 0 Å². The van der Waals surface area contributed by atoms with Gasteiger partial charge in [0.25, 0.3) is 5.69 Å². The van der Waals surface area contributed by atoms with Crippen LogP contribution in [0.3, 0.4) is 0 Å². The molecule has 3 aliphatic heterocycles. The summed E-state index contributed by atoms with van der Waals surface area (Å²) in [5.74, 6) is 1.88. The molecule has 0 aliphatic carbocycles. The van der Waals surface area contributed by atoms with Crippen LogP contribution in [0.1, 0.15) is 57.1 Å². The second-order valence-electron chi connectivity index (χ2n) is 16.1. The van der Waals surface area contributed by atoms with Crippen molar-refractivity contribution in [3.63, 3.8) is 0 Å². The van der Waals surface area contributed by atoms with Gasteiger partial charge in [-0.2, -0.15) is 0 Å². The number of amides is 2. The first-order valence-electron chi connectivity index (χ1n) is 21.2. The van der Waals surface area contributed by atoms with Crippen LogP contribution in [0.4, 0.5) is 16.2 Å². The summed E-state index contributed by atoms with van der Waals surface area (Å²) in [5.41, 5.74) is 0.634. The Morgan fingerprint density at radius 2 is 1.43 bits per heavy atom. The number of hydrogen-bond acceptors (Lipinski definition) is 12. The number of nitrogens with zero attached hydrogens (tertiary/aromatic N) is 3. The fourth-order valence-electron chi connectivity index (χ4n) is 9.62. The number of cyclic esters (lactones) is 1. The fourth-order valence-corrected chi connectivity index (χ4v) is 9.62. The van der Waals surface area contributed by atoms with Gasteiger partial charge in [-0.25, -0.2) is 9.69 Å². The largest absolute Gasteiger partial charge is 0.497 e. The van der Waals surface area contributed by atoms with Crippen LogP contribution >= 0.6 is 0 Å². The lowest BCUT2D eigenvalue weighted by atomic mass is 9.65. The van der Waals surface area contributed by atoms with Gasteiger partial charge in [0.2, 0.25) is 5.91 Å². The summed E-state index contributed by atoms with van der Waals surface area (Å²) in [7, 11) is 1.55. The summed E-state index contributed by atoms with van der Waals surface area (Å²) in [5, 5.41) is 32.7. The molecule has 2 fully saturated rings. The lowest BCUT2D eigenvalue weighted by molar-refractivity contribution is -0.384. The number of ether oxygens (including phenoxy) is 4. The lowest BCUT2D eigenvalue weighted by Crippen LogP contribution is -2.53. The Labute approximate surface area is 383 Å². The molecule has 15 heteroatoms. The molecular formula is C52H41N3O12. The Hall–Kier alpha value is -8.32. The van der Waals surface area contributed by atoms with Crippen LogP contribution in [0, 0.1) is 27.9 Å². The van der Waals surface area contributed by atoms with Crippen molar-refractivity contribution in [3.05, 3.63) is 201 Å². The molecule has 2 amide bonds. The van der Waals surface area contributed by atoms with Crippen LogP contribution in [0.15, 0.2) is 152 Å². The van der Waals surface area contributed by atoms with Crippen molar-refractivity contribution in [2.75, 3.05) is 25.2 Å². The number of hydrogen-bond donors (Lipinski definition) is 2. The average Bonchev–Trinajstić information content (AvgIpc) is 3.81. The van der Waals surface area contributed by atoms with Crippen molar-refractivity contribution in [2.45, 2.75) is 36.3 Å². The third kappa shape index (κ3) is 7.88. The zero-order valence-electron chi connectivity index (χ0n) is 35.8. The molecule has 336 valence electrons. The maximum absolute atomic E-state index is 16.1. The predicted molar refractivity (Wildman–Crippen MR) is 241 cm³/mol. The van der Waals surface area contributed by atoms with Crippen LogP contribution in [-0.4, -0.2) is 70.3 Å². The number of carbonyl (C=O) groups excluding carboxylic acids is 3. The summed E-state index contributed by atoms with van der Waals surface area (Å²) in [4.78, 5) is 73.3. The zero-order valence-corrected chi connectivity index (χ0v) is 35.8. The number of nitro groups is 1. The van der Waals surface area contributed by atoms with E-state index in [1.54, 1.807) is 96.9 Å². The standard InChI is InChI=1S/C52H41N3O12/c1-64-39-24-19-32(20-25-39)15-16-33-21-26-42-41(29-33)52(50(60)53(42)51(61)66-31-34-17-22-38(23-18-34)55(62)63)43(48(57)58)45-49(59)67-46(36-11-6-3-7-12-36)44(35-9-4-2-5-10-35)54(45)47(52)37-13-8-14-40(30-37)65-28-27-56/h2-14,17-26,29-30,43-47,56H,27-28,31H2,1H3,(H,57,58)/t43-,44-,45-,46+,47+,52-/m1/s1. The Balaban J connectivity index is 1.29. The number of esters is 1. The van der Waals surface area contributed by atoms with Gasteiger partial charge in [0.15, 0.2) is 0 Å². The van der Waals surface area contributed by atoms with Crippen molar-refractivity contribution in [2.24, 2.45) is 5.92 Å². The average molecular weight is 900 g/mol. The Morgan fingerprint density at radius 3 is 2.09 bits per heavy atom. The highest BCUT2D eigenvalue weighted by molar-refractivity contribution is 6.23. The number of anilines is 1. The number of methoxy groups -OCH3 is 1. The summed E-state index contributed by atoms with van der Waals surface area (Å²) in [6.45, 7) is -0.790. The Morgan fingerprint density at radius 1 is 0.776 bits per heavy atom. The molecule has 6 atom stereocenters. The molecule has 6 aromatic rings. The molecule has 0 bridgehead atoms. The molecule has 0 aromatic heterocycles. The monoisotopic (exact) mass is 899 g/mol. The summed E-state index contributed by atoms with van der Waals surface area (Å²) < 4.78 is 23.3. The van der Waals surface area contributed by atoms with E-state index in [1.807, 2.05) is 36.4 Å². The summed E-state index contributed by atoms with van der Waals surface area (Å²) in [6, 6.07) is 38.0. The van der Waals surface area contributed by atoms with Crippen molar-refractivity contribution in [1.82, 2.24) is 4.90 Å². The van der Waals surface area contributed by atoms with Crippen molar-refractivity contribution >= 4 is 35.3 Å². The first-order chi connectivity index (χ1) is 32.5. The molecule has 3 aliphatic rings. The van der Waals surface area contributed by atoms with Gasteiger partial charge in [0.1, 0.15) is 48.2 Å². The van der Waals surface area contributed by atoms with Gasteiger partial charge >= 0.3 is 18.0 Å². The first-order valence-corrected chi connectivity index (χ1v) is 21.2. The highest BCUT2D eigenvalue weighted by Crippen LogP contribution is 2.66. The number of carboxylic acids is 1. The second kappa shape index (κ2) is 18.3. The van der Waals surface area contributed by atoms with E-state index >= 15 is 4.79 Å². The second-order valence-corrected chi connectivity index (χ2v) is 16.1. The topological polar surface area (TPSA) is 195 Å². The molecule has 0 radical (unpaired) electrons. The van der Waals surface area contributed by atoms with Gasteiger partial charge in [-0.3, -0.25) is 29.4 Å². The number of rotatable bonds is 11. The van der Waals surface area contributed by atoms with E-state index in [0.717, 1.165) is 4.90 Å². The van der Waals surface area contributed by atoms with E-state index in [0.29, 0.717) is 39.1 Å². The van der Waals surface area contributed by atoms with E-state index < -0.39 is 71.0 Å². The molecule has 0 unspecified atom stereocenters. The number of aliphatic hydroxyl groups excluding tert-OH is 1. The zero-order chi connectivity index (χ0) is 46.8. The van der Waals surface area contributed by atoms with Gasteiger partial charge in [-0.15, -0.1) is 0 Å². The SMILES string of the molecule is COc1ccc(C#Cc2ccc3c(c2)[C@]2(C(=O)N3C(=O)OCc3ccc([N+](=O)[O-])cc3)[C@H](c3cccc(OCCO)c3)N3[C@H](c4ccccc4)[C@H](c4ccccc4)OC(=O)[C@H]3[C@@H]2C(=O)O)cc1. The number of non-ortho nitro benzene ring substituents is 1. The number of fused-ring (bicyclic) bond motifs is 3. The quantitative estimate of drug-likeness (QED) is 0.0564.